The van der Waals surface area contributed by atoms with Crippen molar-refractivity contribution in [3.8, 4) is 0 Å². The SMILES string of the molecule is CCCNC(c1csc(Br)c1)C1CCC(C)CC1. The lowest BCUT2D eigenvalue weighted by atomic mass is 9.78. The van der Waals surface area contributed by atoms with Gasteiger partial charge in [-0.2, -0.15) is 0 Å². The summed E-state index contributed by atoms with van der Waals surface area (Å²) < 4.78 is 1.25. The van der Waals surface area contributed by atoms with Crippen LogP contribution >= 0.6 is 27.3 Å². The van der Waals surface area contributed by atoms with Gasteiger partial charge in [-0.25, -0.2) is 0 Å². The van der Waals surface area contributed by atoms with Crippen LogP contribution < -0.4 is 5.32 Å². The van der Waals surface area contributed by atoms with E-state index in [4.69, 9.17) is 0 Å². The molecule has 18 heavy (non-hydrogen) atoms. The van der Waals surface area contributed by atoms with Gasteiger partial charge in [0.15, 0.2) is 0 Å². The molecule has 1 heterocycles. The summed E-state index contributed by atoms with van der Waals surface area (Å²) in [5.74, 6) is 1.76. The number of halogens is 1. The minimum Gasteiger partial charge on any atom is -0.310 e. The molecule has 0 spiro atoms. The number of nitrogens with one attached hydrogen (secondary N) is 1. The quantitative estimate of drug-likeness (QED) is 0.764. The van der Waals surface area contributed by atoms with Crippen LogP contribution in [0, 0.1) is 11.8 Å². The van der Waals surface area contributed by atoms with E-state index < -0.39 is 0 Å². The molecule has 102 valence electrons. The van der Waals surface area contributed by atoms with Gasteiger partial charge in [0.05, 0.1) is 3.79 Å². The molecule has 1 fully saturated rings. The summed E-state index contributed by atoms with van der Waals surface area (Å²) in [5, 5.41) is 6.08. The molecule has 1 N–H and O–H groups in total. The number of thiophene rings is 1. The highest BCUT2D eigenvalue weighted by molar-refractivity contribution is 9.11. The zero-order chi connectivity index (χ0) is 13.0. The van der Waals surface area contributed by atoms with Gasteiger partial charge in [-0.3, -0.25) is 0 Å². The average molecular weight is 330 g/mol. The molecule has 1 aliphatic rings. The van der Waals surface area contributed by atoms with Crippen LogP contribution in [0.25, 0.3) is 0 Å². The topological polar surface area (TPSA) is 12.0 Å². The second-order valence-electron chi connectivity index (χ2n) is 5.64. The van der Waals surface area contributed by atoms with Crippen molar-refractivity contribution in [3.05, 3.63) is 20.8 Å². The van der Waals surface area contributed by atoms with Crippen molar-refractivity contribution in [1.29, 1.82) is 0 Å². The maximum atomic E-state index is 3.77. The van der Waals surface area contributed by atoms with E-state index in [0.29, 0.717) is 6.04 Å². The Morgan fingerprint density at radius 3 is 2.67 bits per heavy atom. The Balaban J connectivity index is 2.04. The van der Waals surface area contributed by atoms with E-state index in [1.807, 2.05) is 11.3 Å². The summed E-state index contributed by atoms with van der Waals surface area (Å²) in [6.07, 6.45) is 6.79. The minimum absolute atomic E-state index is 0.569. The molecule has 0 aliphatic heterocycles. The van der Waals surface area contributed by atoms with Crippen molar-refractivity contribution in [1.82, 2.24) is 5.32 Å². The largest absolute Gasteiger partial charge is 0.310 e. The third-order valence-corrected chi connectivity index (χ3v) is 5.62. The number of rotatable bonds is 5. The Hall–Kier alpha value is 0.140. The molecule has 3 heteroatoms. The lowest BCUT2D eigenvalue weighted by Crippen LogP contribution is -2.31. The van der Waals surface area contributed by atoms with Crippen LogP contribution in [0.4, 0.5) is 0 Å². The Morgan fingerprint density at radius 2 is 2.11 bits per heavy atom. The molecule has 1 atom stereocenters. The van der Waals surface area contributed by atoms with Crippen molar-refractivity contribution in [3.63, 3.8) is 0 Å². The molecule has 0 aromatic carbocycles. The van der Waals surface area contributed by atoms with Gasteiger partial charge in [0.1, 0.15) is 0 Å². The van der Waals surface area contributed by atoms with Gasteiger partial charge >= 0.3 is 0 Å². The highest BCUT2D eigenvalue weighted by atomic mass is 79.9. The van der Waals surface area contributed by atoms with Gasteiger partial charge in [-0.1, -0.05) is 26.7 Å². The Kier molecular flexibility index (Phi) is 5.71. The van der Waals surface area contributed by atoms with Crippen LogP contribution in [0.5, 0.6) is 0 Å². The third kappa shape index (κ3) is 3.82. The molecule has 1 unspecified atom stereocenters. The molecule has 1 saturated carbocycles. The van der Waals surface area contributed by atoms with Crippen LogP contribution in [0.3, 0.4) is 0 Å². The average Bonchev–Trinajstić information content (AvgIpc) is 2.78. The van der Waals surface area contributed by atoms with Crippen molar-refractivity contribution < 1.29 is 0 Å². The normalized spacial score (nSPS) is 26.2. The van der Waals surface area contributed by atoms with Crippen molar-refractivity contribution in [2.75, 3.05) is 6.54 Å². The second kappa shape index (κ2) is 7.06. The fourth-order valence-electron chi connectivity index (χ4n) is 2.96. The standard InChI is InChI=1S/C15H24BrNS/c1-3-8-17-15(13-9-14(16)18-10-13)12-6-4-11(2)5-7-12/h9-12,15,17H,3-8H2,1-2H3. The smallest absolute Gasteiger partial charge is 0.0701 e. The van der Waals surface area contributed by atoms with Gasteiger partial charge in [0.2, 0.25) is 0 Å². The molecular weight excluding hydrogens is 306 g/mol. The maximum absolute atomic E-state index is 3.77. The van der Waals surface area contributed by atoms with Gasteiger partial charge in [0.25, 0.3) is 0 Å². The molecule has 2 rings (SSSR count). The molecule has 1 aliphatic carbocycles. The Labute approximate surface area is 123 Å². The molecular formula is C15H24BrNS. The van der Waals surface area contributed by atoms with Crippen molar-refractivity contribution in [2.45, 2.75) is 52.0 Å². The molecule has 0 saturated heterocycles. The highest BCUT2D eigenvalue weighted by Crippen LogP contribution is 2.38. The predicted octanol–water partition coefficient (Wildman–Crippen LogP) is 5.38. The van der Waals surface area contributed by atoms with E-state index in [-0.39, 0.29) is 0 Å². The van der Waals surface area contributed by atoms with E-state index in [0.717, 1.165) is 18.4 Å². The number of hydrogen-bond donors (Lipinski definition) is 1. The maximum Gasteiger partial charge on any atom is 0.0701 e. The highest BCUT2D eigenvalue weighted by Gasteiger charge is 2.27. The van der Waals surface area contributed by atoms with Gasteiger partial charge in [-0.15, -0.1) is 11.3 Å². The monoisotopic (exact) mass is 329 g/mol. The van der Waals surface area contributed by atoms with E-state index >= 15 is 0 Å². The van der Waals surface area contributed by atoms with Crippen LogP contribution in [0.1, 0.15) is 57.6 Å². The first-order valence-corrected chi connectivity index (χ1v) is 8.85. The zero-order valence-electron chi connectivity index (χ0n) is 11.4. The van der Waals surface area contributed by atoms with Crippen molar-refractivity contribution >= 4 is 27.3 Å². The predicted molar refractivity (Wildman–Crippen MR) is 84.2 cm³/mol. The first-order valence-electron chi connectivity index (χ1n) is 7.18. The first kappa shape index (κ1) is 14.5. The second-order valence-corrected chi connectivity index (χ2v) is 7.93. The van der Waals surface area contributed by atoms with Gasteiger partial charge in [-0.05, 0) is 70.6 Å². The van der Waals surface area contributed by atoms with Crippen LogP contribution in [-0.4, -0.2) is 6.54 Å². The van der Waals surface area contributed by atoms with E-state index in [1.165, 1.54) is 41.5 Å². The van der Waals surface area contributed by atoms with Gasteiger partial charge < -0.3 is 5.32 Å². The third-order valence-electron chi connectivity index (χ3n) is 4.09. The molecule has 0 amide bonds. The lowest BCUT2D eigenvalue weighted by molar-refractivity contribution is 0.232. The van der Waals surface area contributed by atoms with E-state index in [2.05, 4.69) is 46.5 Å². The molecule has 0 radical (unpaired) electrons. The summed E-state index contributed by atoms with van der Waals surface area (Å²) in [6.45, 7) is 5.77. The summed E-state index contributed by atoms with van der Waals surface area (Å²) >= 11 is 5.40. The lowest BCUT2D eigenvalue weighted by Gasteiger charge is -2.33. The van der Waals surface area contributed by atoms with Crippen LogP contribution in [-0.2, 0) is 0 Å². The van der Waals surface area contributed by atoms with E-state index in [9.17, 15) is 0 Å². The van der Waals surface area contributed by atoms with Gasteiger partial charge in [0, 0.05) is 6.04 Å². The summed E-state index contributed by atoms with van der Waals surface area (Å²) in [4.78, 5) is 0. The van der Waals surface area contributed by atoms with Crippen LogP contribution in [0.2, 0.25) is 0 Å². The summed E-state index contributed by atoms with van der Waals surface area (Å²) in [6, 6.07) is 2.87. The molecule has 1 aromatic rings. The molecule has 1 aromatic heterocycles. The van der Waals surface area contributed by atoms with Crippen molar-refractivity contribution in [2.24, 2.45) is 11.8 Å². The Morgan fingerprint density at radius 1 is 1.39 bits per heavy atom. The fourth-order valence-corrected chi connectivity index (χ4v) is 4.17. The zero-order valence-corrected chi connectivity index (χ0v) is 13.8. The Bertz CT molecular complexity index is 355. The summed E-state index contributed by atoms with van der Waals surface area (Å²) in [5.41, 5.74) is 1.49. The first-order chi connectivity index (χ1) is 8.70. The van der Waals surface area contributed by atoms with Crippen LogP contribution in [0.15, 0.2) is 15.2 Å². The van der Waals surface area contributed by atoms with E-state index in [1.54, 1.807) is 0 Å². The fraction of sp³-hybridized carbons (Fsp3) is 0.733. The molecule has 1 nitrogen and oxygen atoms in total. The minimum atomic E-state index is 0.569. The molecule has 0 bridgehead atoms. The number of hydrogen-bond acceptors (Lipinski definition) is 2. The summed E-state index contributed by atoms with van der Waals surface area (Å²) in [7, 11) is 0.